The van der Waals surface area contributed by atoms with Gasteiger partial charge in [0.25, 0.3) is 11.8 Å². The number of carbonyl (C=O) groups excluding carboxylic acids is 1. The highest BCUT2D eigenvalue weighted by molar-refractivity contribution is 7.12. The predicted molar refractivity (Wildman–Crippen MR) is 93.0 cm³/mol. The normalized spacial score (nSPS) is 15.2. The van der Waals surface area contributed by atoms with Gasteiger partial charge in [0.1, 0.15) is 11.4 Å². The fraction of sp³-hybridized carbons (Fsp3) is 0.353. The predicted octanol–water partition coefficient (Wildman–Crippen LogP) is 3.32. The van der Waals surface area contributed by atoms with Crippen molar-refractivity contribution in [3.63, 3.8) is 0 Å². The van der Waals surface area contributed by atoms with Gasteiger partial charge >= 0.3 is 0 Å². The average Bonchev–Trinajstić information content (AvgIpc) is 3.33. The maximum absolute atomic E-state index is 12.3. The number of thiazole rings is 1. The number of aromatic nitrogens is 4. The lowest BCUT2D eigenvalue weighted by Gasteiger charge is -2.22. The topological polar surface area (TPSA) is 93.8 Å². The van der Waals surface area contributed by atoms with Gasteiger partial charge in [0, 0.05) is 17.6 Å². The first-order chi connectivity index (χ1) is 12.3. The number of nitrogens with zero attached hydrogens (tertiary/aromatic N) is 4. The minimum absolute atomic E-state index is 0.132. The Labute approximate surface area is 148 Å². The molecule has 1 saturated carbocycles. The van der Waals surface area contributed by atoms with E-state index < -0.39 is 0 Å². The van der Waals surface area contributed by atoms with Crippen molar-refractivity contribution >= 4 is 17.2 Å². The molecule has 8 heteroatoms. The van der Waals surface area contributed by atoms with Gasteiger partial charge in [-0.15, -0.1) is 11.3 Å². The molecule has 1 aliphatic rings. The van der Waals surface area contributed by atoms with E-state index in [0.29, 0.717) is 22.2 Å². The molecule has 128 valence electrons. The van der Waals surface area contributed by atoms with Crippen LogP contribution in [0.15, 0.2) is 34.3 Å². The number of pyridine rings is 1. The van der Waals surface area contributed by atoms with Crippen molar-refractivity contribution in [2.24, 2.45) is 0 Å². The summed E-state index contributed by atoms with van der Waals surface area (Å²) in [4.78, 5) is 25.2. The molecule has 0 aliphatic heterocycles. The van der Waals surface area contributed by atoms with Gasteiger partial charge in [0.15, 0.2) is 5.01 Å². The third kappa shape index (κ3) is 3.58. The van der Waals surface area contributed by atoms with Crippen LogP contribution in [0.4, 0.5) is 0 Å². The summed E-state index contributed by atoms with van der Waals surface area (Å²) in [6.07, 6.45) is 7.35. The molecule has 0 saturated heterocycles. The highest BCUT2D eigenvalue weighted by Crippen LogP contribution is 2.23. The fourth-order valence-corrected chi connectivity index (χ4v) is 3.59. The van der Waals surface area contributed by atoms with Crippen LogP contribution in [0.2, 0.25) is 0 Å². The second kappa shape index (κ2) is 7.10. The van der Waals surface area contributed by atoms with Gasteiger partial charge in [0.05, 0.1) is 0 Å². The second-order valence-corrected chi connectivity index (χ2v) is 6.84. The zero-order chi connectivity index (χ0) is 17.1. The maximum atomic E-state index is 12.3. The molecule has 1 aliphatic carbocycles. The fourth-order valence-electron chi connectivity index (χ4n) is 2.90. The molecule has 7 nitrogen and oxygen atoms in total. The van der Waals surface area contributed by atoms with Crippen molar-refractivity contribution in [1.82, 2.24) is 25.4 Å². The molecule has 3 heterocycles. The third-order valence-corrected chi connectivity index (χ3v) is 5.02. The van der Waals surface area contributed by atoms with E-state index in [1.165, 1.54) is 30.6 Å². The molecule has 3 aromatic rings. The van der Waals surface area contributed by atoms with Gasteiger partial charge < -0.3 is 9.84 Å². The Morgan fingerprint density at radius 3 is 2.84 bits per heavy atom. The van der Waals surface area contributed by atoms with E-state index in [1.807, 2.05) is 12.1 Å². The number of amides is 1. The van der Waals surface area contributed by atoms with Crippen LogP contribution in [0.3, 0.4) is 0 Å². The summed E-state index contributed by atoms with van der Waals surface area (Å²) in [7, 11) is 0. The Bertz CT molecular complexity index is 855. The number of carbonyl (C=O) groups is 1. The van der Waals surface area contributed by atoms with E-state index in [1.54, 1.807) is 17.6 Å². The molecule has 0 spiro atoms. The van der Waals surface area contributed by atoms with Gasteiger partial charge in [-0.05, 0) is 25.0 Å². The van der Waals surface area contributed by atoms with Gasteiger partial charge in [-0.2, -0.15) is 4.98 Å². The van der Waals surface area contributed by atoms with Crippen LogP contribution in [0, 0.1) is 0 Å². The van der Waals surface area contributed by atoms with Gasteiger partial charge in [-0.1, -0.05) is 30.5 Å². The number of nitrogens with one attached hydrogen (secondary N) is 1. The Morgan fingerprint density at radius 2 is 2.04 bits per heavy atom. The van der Waals surface area contributed by atoms with Gasteiger partial charge in [-0.25, -0.2) is 4.98 Å². The Hall–Kier alpha value is -2.61. The quantitative estimate of drug-likeness (QED) is 0.771. The zero-order valence-electron chi connectivity index (χ0n) is 13.5. The first-order valence-electron chi connectivity index (χ1n) is 8.31. The first-order valence-corrected chi connectivity index (χ1v) is 9.19. The molecule has 1 fully saturated rings. The molecular weight excluding hydrogens is 338 g/mol. The minimum atomic E-state index is -0.132. The molecule has 0 bridgehead atoms. The molecule has 1 amide bonds. The van der Waals surface area contributed by atoms with Crippen molar-refractivity contribution in [3.8, 4) is 23.1 Å². The van der Waals surface area contributed by atoms with E-state index in [-0.39, 0.29) is 17.8 Å². The average molecular weight is 355 g/mol. The smallest absolute Gasteiger partial charge is 0.280 e. The minimum Gasteiger partial charge on any atom is -0.347 e. The standard InChI is InChI=1S/C17H17N5O2S/c23-15(19-11-6-2-1-3-7-11)17-20-13(10-25-17)16-21-14(22-24-16)12-8-4-5-9-18-12/h4-5,8-11H,1-3,6-7H2,(H,19,23). The Balaban J connectivity index is 1.47. The monoisotopic (exact) mass is 355 g/mol. The van der Waals surface area contributed by atoms with E-state index in [2.05, 4.69) is 25.4 Å². The molecule has 1 N–H and O–H groups in total. The van der Waals surface area contributed by atoms with E-state index in [0.717, 1.165) is 12.8 Å². The lowest BCUT2D eigenvalue weighted by molar-refractivity contribution is 0.0927. The van der Waals surface area contributed by atoms with Crippen molar-refractivity contribution in [3.05, 3.63) is 34.8 Å². The van der Waals surface area contributed by atoms with Gasteiger partial charge in [0.2, 0.25) is 5.82 Å². The van der Waals surface area contributed by atoms with Crippen LogP contribution in [0.1, 0.15) is 41.9 Å². The van der Waals surface area contributed by atoms with Crippen molar-refractivity contribution < 1.29 is 9.32 Å². The molecule has 0 unspecified atom stereocenters. The summed E-state index contributed by atoms with van der Waals surface area (Å²) in [6.45, 7) is 0. The van der Waals surface area contributed by atoms with Crippen LogP contribution in [0.5, 0.6) is 0 Å². The van der Waals surface area contributed by atoms with Crippen molar-refractivity contribution in [2.45, 2.75) is 38.1 Å². The molecule has 25 heavy (non-hydrogen) atoms. The van der Waals surface area contributed by atoms with Crippen LogP contribution >= 0.6 is 11.3 Å². The molecular formula is C17H17N5O2S. The zero-order valence-corrected chi connectivity index (χ0v) is 14.3. The number of hydrogen-bond donors (Lipinski definition) is 1. The Kier molecular flexibility index (Phi) is 4.51. The summed E-state index contributed by atoms with van der Waals surface area (Å²) >= 11 is 1.28. The summed E-state index contributed by atoms with van der Waals surface area (Å²) in [6, 6.07) is 5.74. The highest BCUT2D eigenvalue weighted by Gasteiger charge is 2.20. The summed E-state index contributed by atoms with van der Waals surface area (Å²) in [5.74, 6) is 0.554. The summed E-state index contributed by atoms with van der Waals surface area (Å²) < 4.78 is 5.26. The Morgan fingerprint density at radius 1 is 1.16 bits per heavy atom. The number of rotatable bonds is 4. The van der Waals surface area contributed by atoms with E-state index >= 15 is 0 Å². The van der Waals surface area contributed by atoms with Crippen LogP contribution in [-0.4, -0.2) is 32.1 Å². The van der Waals surface area contributed by atoms with Crippen LogP contribution in [0.25, 0.3) is 23.1 Å². The van der Waals surface area contributed by atoms with E-state index in [9.17, 15) is 4.79 Å². The largest absolute Gasteiger partial charge is 0.347 e. The highest BCUT2D eigenvalue weighted by atomic mass is 32.1. The van der Waals surface area contributed by atoms with Crippen LogP contribution < -0.4 is 5.32 Å². The number of hydrogen-bond acceptors (Lipinski definition) is 7. The molecule has 4 rings (SSSR count). The SMILES string of the molecule is O=C(NC1CCCCC1)c1nc(-c2nc(-c3ccccn3)no2)cs1. The molecule has 0 atom stereocenters. The maximum Gasteiger partial charge on any atom is 0.280 e. The van der Waals surface area contributed by atoms with Crippen molar-refractivity contribution in [1.29, 1.82) is 0 Å². The van der Waals surface area contributed by atoms with Crippen molar-refractivity contribution in [2.75, 3.05) is 0 Å². The second-order valence-electron chi connectivity index (χ2n) is 5.98. The lowest BCUT2D eigenvalue weighted by atomic mass is 9.95. The van der Waals surface area contributed by atoms with Gasteiger partial charge in [-0.3, -0.25) is 9.78 Å². The lowest BCUT2D eigenvalue weighted by Crippen LogP contribution is -2.36. The molecule has 0 aromatic carbocycles. The van der Waals surface area contributed by atoms with Crippen LogP contribution in [-0.2, 0) is 0 Å². The first kappa shape index (κ1) is 15.9. The third-order valence-electron chi connectivity index (χ3n) is 4.18. The molecule has 0 radical (unpaired) electrons. The van der Waals surface area contributed by atoms with E-state index in [4.69, 9.17) is 4.52 Å². The summed E-state index contributed by atoms with van der Waals surface area (Å²) in [5, 5.41) is 9.16. The molecule has 3 aromatic heterocycles. The summed E-state index contributed by atoms with van der Waals surface area (Å²) in [5.41, 5.74) is 1.14.